The molecule has 2 heterocycles. The molecule has 0 spiro atoms. The zero-order chi connectivity index (χ0) is 12.0. The molecular weight excluding hydrogens is 214 g/mol. The van der Waals surface area contributed by atoms with E-state index < -0.39 is 0 Å². The summed E-state index contributed by atoms with van der Waals surface area (Å²) in [7, 11) is 0. The smallest absolute Gasteiger partial charge is 0.186 e. The zero-order valence-corrected chi connectivity index (χ0v) is 9.73. The van der Waals surface area contributed by atoms with Gasteiger partial charge in [-0.15, -0.1) is 0 Å². The number of aryl methyl sites for hydroxylation is 2. The van der Waals surface area contributed by atoms with Crippen LogP contribution in [0.15, 0.2) is 24.3 Å². The van der Waals surface area contributed by atoms with Gasteiger partial charge in [0.15, 0.2) is 5.65 Å². The van der Waals surface area contributed by atoms with E-state index in [2.05, 4.69) is 34.4 Å². The van der Waals surface area contributed by atoms with E-state index in [0.717, 1.165) is 22.4 Å². The first-order valence-corrected chi connectivity index (χ1v) is 5.43. The molecule has 3 N–H and O–H groups in total. The predicted molar refractivity (Wildman–Crippen MR) is 67.1 cm³/mol. The highest BCUT2D eigenvalue weighted by Gasteiger charge is 2.14. The molecule has 86 valence electrons. The fourth-order valence-corrected chi connectivity index (χ4v) is 2.04. The number of benzene rings is 1. The highest BCUT2D eigenvalue weighted by atomic mass is 15.3. The number of rotatable bonds is 1. The Morgan fingerprint density at radius 3 is 2.88 bits per heavy atom. The minimum absolute atomic E-state index is 0.566. The molecule has 0 fully saturated rings. The lowest BCUT2D eigenvalue weighted by Crippen LogP contribution is -1.97. The Labute approximate surface area is 98.2 Å². The molecule has 3 aromatic rings. The standard InChI is InChI=1S/C12H13N5/c1-7-4-3-5-9(6-7)17-12-10(8(2)16-17)11(13)14-15-12/h3-6H,1-2H3,(H3,13,14,15). The molecule has 3 rings (SSSR count). The van der Waals surface area contributed by atoms with Crippen LogP contribution in [0.4, 0.5) is 5.82 Å². The van der Waals surface area contributed by atoms with Crippen LogP contribution in [-0.2, 0) is 0 Å². The molecule has 0 atom stereocenters. The number of aromatic nitrogens is 4. The van der Waals surface area contributed by atoms with Crippen molar-refractivity contribution < 1.29 is 0 Å². The third-order valence-electron chi connectivity index (χ3n) is 2.83. The van der Waals surface area contributed by atoms with Gasteiger partial charge >= 0.3 is 0 Å². The molecule has 0 radical (unpaired) electrons. The lowest BCUT2D eigenvalue weighted by atomic mass is 10.2. The molecule has 0 bridgehead atoms. The van der Waals surface area contributed by atoms with E-state index in [0.29, 0.717) is 5.82 Å². The van der Waals surface area contributed by atoms with Gasteiger partial charge in [0.2, 0.25) is 0 Å². The maximum absolute atomic E-state index is 5.83. The molecule has 0 saturated heterocycles. The monoisotopic (exact) mass is 227 g/mol. The van der Waals surface area contributed by atoms with Crippen LogP contribution in [0.5, 0.6) is 0 Å². The van der Waals surface area contributed by atoms with Crippen LogP contribution in [-0.4, -0.2) is 20.0 Å². The van der Waals surface area contributed by atoms with Crippen LogP contribution in [0.2, 0.25) is 0 Å². The molecule has 0 aliphatic carbocycles. The Morgan fingerprint density at radius 2 is 2.12 bits per heavy atom. The van der Waals surface area contributed by atoms with Crippen molar-refractivity contribution in [3.63, 3.8) is 0 Å². The number of hydrogen-bond acceptors (Lipinski definition) is 3. The summed E-state index contributed by atoms with van der Waals surface area (Å²) in [5.74, 6) is 0.566. The molecule has 0 aliphatic rings. The van der Waals surface area contributed by atoms with Crippen LogP contribution in [0.3, 0.4) is 0 Å². The van der Waals surface area contributed by atoms with Crippen LogP contribution < -0.4 is 5.73 Å². The Bertz CT molecular complexity index is 692. The fraction of sp³-hybridized carbons (Fsp3) is 0.167. The summed E-state index contributed by atoms with van der Waals surface area (Å²) in [6.45, 7) is 3.98. The van der Waals surface area contributed by atoms with Crippen LogP contribution in [0.25, 0.3) is 16.7 Å². The quantitative estimate of drug-likeness (QED) is 0.667. The van der Waals surface area contributed by atoms with Gasteiger partial charge in [0, 0.05) is 0 Å². The fourth-order valence-electron chi connectivity index (χ4n) is 2.04. The number of H-pyrrole nitrogens is 1. The van der Waals surface area contributed by atoms with E-state index in [1.807, 2.05) is 23.7 Å². The first kappa shape index (κ1) is 9.89. The van der Waals surface area contributed by atoms with E-state index >= 15 is 0 Å². The molecule has 0 unspecified atom stereocenters. The molecule has 0 aliphatic heterocycles. The van der Waals surface area contributed by atoms with Gasteiger partial charge in [-0.2, -0.15) is 10.2 Å². The van der Waals surface area contributed by atoms with Gasteiger partial charge in [0.05, 0.1) is 16.8 Å². The van der Waals surface area contributed by atoms with Gasteiger partial charge in [-0.25, -0.2) is 4.68 Å². The summed E-state index contributed by atoms with van der Waals surface area (Å²) >= 11 is 0. The number of anilines is 1. The summed E-state index contributed by atoms with van der Waals surface area (Å²) in [5, 5.41) is 12.4. The third kappa shape index (κ3) is 1.39. The van der Waals surface area contributed by atoms with Crippen LogP contribution >= 0.6 is 0 Å². The average molecular weight is 227 g/mol. The first-order valence-electron chi connectivity index (χ1n) is 5.43. The normalized spacial score (nSPS) is 11.2. The SMILES string of the molecule is Cc1cccc(-n2nc(C)c3c(N)[nH]nc32)c1. The second-order valence-electron chi connectivity index (χ2n) is 4.17. The van der Waals surface area contributed by atoms with Crippen molar-refractivity contribution in [3.05, 3.63) is 35.5 Å². The zero-order valence-electron chi connectivity index (χ0n) is 9.73. The van der Waals surface area contributed by atoms with Gasteiger partial charge < -0.3 is 5.73 Å². The lowest BCUT2D eigenvalue weighted by molar-refractivity contribution is 0.864. The molecule has 5 heteroatoms. The van der Waals surface area contributed by atoms with Crippen molar-refractivity contribution in [1.82, 2.24) is 20.0 Å². The number of nitrogens with zero attached hydrogens (tertiary/aromatic N) is 3. The Balaban J connectivity index is 2.31. The topological polar surface area (TPSA) is 72.5 Å². The summed E-state index contributed by atoms with van der Waals surface area (Å²) < 4.78 is 1.81. The van der Waals surface area contributed by atoms with E-state index in [-0.39, 0.29) is 0 Å². The van der Waals surface area contributed by atoms with E-state index in [1.54, 1.807) is 0 Å². The highest BCUT2D eigenvalue weighted by molar-refractivity contribution is 5.89. The Hall–Kier alpha value is -2.30. The van der Waals surface area contributed by atoms with Crippen LogP contribution in [0.1, 0.15) is 11.3 Å². The summed E-state index contributed by atoms with van der Waals surface area (Å²) in [5.41, 5.74) is 9.66. The third-order valence-corrected chi connectivity index (χ3v) is 2.83. The molecular formula is C12H13N5. The molecule has 0 amide bonds. The first-order chi connectivity index (χ1) is 8.16. The number of nitrogens with two attached hydrogens (primary N) is 1. The summed E-state index contributed by atoms with van der Waals surface area (Å²) in [4.78, 5) is 0. The number of aromatic amines is 1. The molecule has 1 aromatic carbocycles. The second kappa shape index (κ2) is 3.35. The average Bonchev–Trinajstić information content (AvgIpc) is 2.82. The minimum Gasteiger partial charge on any atom is -0.383 e. The number of fused-ring (bicyclic) bond motifs is 1. The van der Waals surface area contributed by atoms with Crippen molar-refractivity contribution >= 4 is 16.9 Å². The van der Waals surface area contributed by atoms with E-state index in [1.165, 1.54) is 5.56 Å². The molecule has 0 saturated carbocycles. The maximum atomic E-state index is 5.83. The van der Waals surface area contributed by atoms with Crippen molar-refractivity contribution in [1.29, 1.82) is 0 Å². The Kier molecular flexibility index (Phi) is 1.95. The van der Waals surface area contributed by atoms with Gasteiger partial charge in [-0.3, -0.25) is 5.10 Å². The number of nitrogen functional groups attached to an aromatic ring is 1. The van der Waals surface area contributed by atoms with Crippen molar-refractivity contribution in [3.8, 4) is 5.69 Å². The van der Waals surface area contributed by atoms with Gasteiger partial charge in [0.1, 0.15) is 5.82 Å². The van der Waals surface area contributed by atoms with Crippen molar-refractivity contribution in [2.24, 2.45) is 0 Å². The predicted octanol–water partition coefficient (Wildman–Crippen LogP) is 1.95. The van der Waals surface area contributed by atoms with Gasteiger partial charge in [-0.05, 0) is 31.5 Å². The molecule has 2 aromatic heterocycles. The van der Waals surface area contributed by atoms with Gasteiger partial charge in [-0.1, -0.05) is 12.1 Å². The summed E-state index contributed by atoms with van der Waals surface area (Å²) in [6, 6.07) is 8.12. The molecule has 5 nitrogen and oxygen atoms in total. The lowest BCUT2D eigenvalue weighted by Gasteiger charge is -2.02. The minimum atomic E-state index is 0.566. The Morgan fingerprint density at radius 1 is 1.29 bits per heavy atom. The second-order valence-corrected chi connectivity index (χ2v) is 4.17. The maximum Gasteiger partial charge on any atom is 0.186 e. The molecule has 17 heavy (non-hydrogen) atoms. The highest BCUT2D eigenvalue weighted by Crippen LogP contribution is 2.24. The number of hydrogen-bond donors (Lipinski definition) is 2. The van der Waals surface area contributed by atoms with E-state index in [4.69, 9.17) is 5.73 Å². The van der Waals surface area contributed by atoms with Crippen molar-refractivity contribution in [2.75, 3.05) is 5.73 Å². The van der Waals surface area contributed by atoms with Crippen molar-refractivity contribution in [2.45, 2.75) is 13.8 Å². The van der Waals surface area contributed by atoms with Crippen LogP contribution in [0, 0.1) is 13.8 Å². The summed E-state index contributed by atoms with van der Waals surface area (Å²) in [6.07, 6.45) is 0. The van der Waals surface area contributed by atoms with E-state index in [9.17, 15) is 0 Å². The largest absolute Gasteiger partial charge is 0.383 e. The van der Waals surface area contributed by atoms with Gasteiger partial charge in [0.25, 0.3) is 0 Å². The number of nitrogens with one attached hydrogen (secondary N) is 1.